The highest BCUT2D eigenvalue weighted by Gasteiger charge is 2.23. The maximum Gasteiger partial charge on any atom is 0.132 e. The monoisotopic (exact) mass is 343 g/mol. The van der Waals surface area contributed by atoms with Crippen molar-refractivity contribution in [3.63, 3.8) is 0 Å². The number of aryl methyl sites for hydroxylation is 1. The molecule has 0 heterocycles. The molecule has 0 spiro atoms. The number of rotatable bonds is 3. The van der Waals surface area contributed by atoms with Crippen LogP contribution in [0.2, 0.25) is 0 Å². The van der Waals surface area contributed by atoms with Crippen LogP contribution in [0.25, 0.3) is 0 Å². The van der Waals surface area contributed by atoms with Crippen molar-refractivity contribution in [1.82, 2.24) is 5.32 Å². The van der Waals surface area contributed by atoms with Crippen molar-refractivity contribution >= 4 is 15.9 Å². The lowest BCUT2D eigenvalue weighted by molar-refractivity contribution is 0.518. The van der Waals surface area contributed by atoms with Gasteiger partial charge < -0.3 is 5.32 Å². The summed E-state index contributed by atoms with van der Waals surface area (Å²) < 4.78 is 41.8. The van der Waals surface area contributed by atoms with Gasteiger partial charge >= 0.3 is 0 Å². The molecule has 2 rings (SSSR count). The summed E-state index contributed by atoms with van der Waals surface area (Å²) in [6, 6.07) is 5.83. The van der Waals surface area contributed by atoms with E-state index in [0.717, 1.165) is 5.56 Å². The molecule has 20 heavy (non-hydrogen) atoms. The van der Waals surface area contributed by atoms with E-state index in [2.05, 4.69) is 21.2 Å². The van der Waals surface area contributed by atoms with Gasteiger partial charge in [0, 0.05) is 10.0 Å². The summed E-state index contributed by atoms with van der Waals surface area (Å²) >= 11 is 3.04. The highest BCUT2D eigenvalue weighted by Crippen LogP contribution is 2.31. The molecule has 0 aliphatic rings. The average molecular weight is 344 g/mol. The van der Waals surface area contributed by atoms with Crippen molar-refractivity contribution in [2.75, 3.05) is 7.05 Å². The number of benzene rings is 2. The van der Waals surface area contributed by atoms with Crippen LogP contribution in [0.15, 0.2) is 34.8 Å². The van der Waals surface area contributed by atoms with Crippen LogP contribution in [-0.2, 0) is 0 Å². The second-order valence-corrected chi connectivity index (χ2v) is 5.42. The third kappa shape index (κ3) is 2.88. The fraction of sp³-hybridized carbons (Fsp3) is 0.200. The van der Waals surface area contributed by atoms with Crippen LogP contribution in [0.5, 0.6) is 0 Å². The first-order valence-corrected chi connectivity index (χ1v) is 6.81. The predicted molar refractivity (Wildman–Crippen MR) is 76.1 cm³/mol. The van der Waals surface area contributed by atoms with E-state index in [4.69, 9.17) is 0 Å². The van der Waals surface area contributed by atoms with Gasteiger partial charge in [-0.3, -0.25) is 0 Å². The molecule has 5 heteroatoms. The van der Waals surface area contributed by atoms with Gasteiger partial charge in [-0.2, -0.15) is 0 Å². The van der Waals surface area contributed by atoms with E-state index in [1.807, 2.05) is 0 Å². The zero-order chi connectivity index (χ0) is 14.9. The Bertz CT molecular complexity index is 620. The Hall–Kier alpha value is -1.33. The van der Waals surface area contributed by atoms with Gasteiger partial charge in [0.1, 0.15) is 17.5 Å². The van der Waals surface area contributed by atoms with Gasteiger partial charge in [0.2, 0.25) is 0 Å². The molecule has 0 saturated carbocycles. The molecule has 1 N–H and O–H groups in total. The van der Waals surface area contributed by atoms with E-state index < -0.39 is 23.5 Å². The van der Waals surface area contributed by atoms with Gasteiger partial charge in [0.05, 0.1) is 6.04 Å². The zero-order valence-corrected chi connectivity index (χ0v) is 12.6. The van der Waals surface area contributed by atoms with Crippen molar-refractivity contribution < 1.29 is 13.2 Å². The highest BCUT2D eigenvalue weighted by atomic mass is 79.9. The minimum Gasteiger partial charge on any atom is -0.309 e. The molecule has 2 aromatic rings. The van der Waals surface area contributed by atoms with Gasteiger partial charge in [-0.05, 0) is 49.4 Å². The molecule has 0 radical (unpaired) electrons. The lowest BCUT2D eigenvalue weighted by Gasteiger charge is -2.21. The normalized spacial score (nSPS) is 12.5. The van der Waals surface area contributed by atoms with Gasteiger partial charge in [-0.15, -0.1) is 0 Å². The van der Waals surface area contributed by atoms with Gasteiger partial charge in [-0.25, -0.2) is 13.2 Å². The molecule has 1 nitrogen and oxygen atoms in total. The minimum absolute atomic E-state index is 0.121. The molecule has 0 aliphatic heterocycles. The summed E-state index contributed by atoms with van der Waals surface area (Å²) in [5.41, 5.74) is 1.14. The molecular formula is C15H13BrF3N. The molecule has 106 valence electrons. The maximum atomic E-state index is 14.1. The van der Waals surface area contributed by atoms with E-state index in [0.29, 0.717) is 10.0 Å². The van der Waals surface area contributed by atoms with Crippen molar-refractivity contribution in [3.05, 3.63) is 68.9 Å². The zero-order valence-electron chi connectivity index (χ0n) is 11.0. The third-order valence-electron chi connectivity index (χ3n) is 3.17. The minimum atomic E-state index is -0.751. The van der Waals surface area contributed by atoms with E-state index >= 15 is 0 Å². The molecule has 1 atom stereocenters. The molecule has 0 fully saturated rings. The second-order valence-electron chi connectivity index (χ2n) is 4.51. The fourth-order valence-corrected chi connectivity index (χ4v) is 2.61. The topological polar surface area (TPSA) is 12.0 Å². The summed E-state index contributed by atoms with van der Waals surface area (Å²) in [4.78, 5) is 0. The Morgan fingerprint density at radius 2 is 1.65 bits per heavy atom. The van der Waals surface area contributed by atoms with Crippen LogP contribution in [0, 0.1) is 24.4 Å². The van der Waals surface area contributed by atoms with Crippen molar-refractivity contribution in [1.29, 1.82) is 0 Å². The molecule has 0 amide bonds. The number of halogens is 4. The van der Waals surface area contributed by atoms with Crippen LogP contribution in [-0.4, -0.2) is 7.05 Å². The predicted octanol–water partition coefficient (Wildman–Crippen LogP) is 4.48. The molecule has 1 unspecified atom stereocenters. The SMILES string of the molecule is CNC(c1cc(F)ccc1C)c1c(F)cc(Br)cc1F. The maximum absolute atomic E-state index is 14.1. The lowest BCUT2D eigenvalue weighted by Crippen LogP contribution is -2.21. The summed E-state index contributed by atoms with van der Waals surface area (Å²) in [7, 11) is 1.58. The third-order valence-corrected chi connectivity index (χ3v) is 3.63. The van der Waals surface area contributed by atoms with E-state index in [1.54, 1.807) is 20.0 Å². The Morgan fingerprint density at radius 1 is 1.05 bits per heavy atom. The summed E-state index contributed by atoms with van der Waals surface area (Å²) in [6.45, 7) is 1.77. The number of nitrogens with one attached hydrogen (secondary N) is 1. The van der Waals surface area contributed by atoms with E-state index in [-0.39, 0.29) is 5.56 Å². The molecule has 0 aliphatic carbocycles. The van der Waals surface area contributed by atoms with Gasteiger partial charge in [-0.1, -0.05) is 22.0 Å². The van der Waals surface area contributed by atoms with Crippen LogP contribution < -0.4 is 5.32 Å². The number of hydrogen-bond acceptors (Lipinski definition) is 1. The molecule has 0 bridgehead atoms. The average Bonchev–Trinajstić information content (AvgIpc) is 2.37. The standard InChI is InChI=1S/C15H13BrF3N/c1-8-3-4-10(17)7-11(8)15(20-2)14-12(18)5-9(16)6-13(14)19/h3-7,15,20H,1-2H3. The van der Waals surface area contributed by atoms with Gasteiger partial charge in [0.15, 0.2) is 0 Å². The van der Waals surface area contributed by atoms with Crippen molar-refractivity contribution in [2.24, 2.45) is 0 Å². The first-order chi connectivity index (χ1) is 9.43. The quantitative estimate of drug-likeness (QED) is 0.866. The molecular weight excluding hydrogens is 331 g/mol. The van der Waals surface area contributed by atoms with Crippen LogP contribution in [0.4, 0.5) is 13.2 Å². The van der Waals surface area contributed by atoms with Crippen LogP contribution >= 0.6 is 15.9 Å². The van der Waals surface area contributed by atoms with Crippen molar-refractivity contribution in [2.45, 2.75) is 13.0 Å². The van der Waals surface area contributed by atoms with E-state index in [1.165, 1.54) is 24.3 Å². The Balaban J connectivity index is 2.61. The fourth-order valence-electron chi connectivity index (χ4n) is 2.21. The largest absolute Gasteiger partial charge is 0.309 e. The molecule has 0 saturated heterocycles. The summed E-state index contributed by atoms with van der Waals surface area (Å²) in [5, 5.41) is 2.84. The summed E-state index contributed by atoms with van der Waals surface area (Å²) in [6.07, 6.45) is 0. The lowest BCUT2D eigenvalue weighted by atomic mass is 9.94. The number of hydrogen-bond donors (Lipinski definition) is 1. The highest BCUT2D eigenvalue weighted by molar-refractivity contribution is 9.10. The van der Waals surface area contributed by atoms with E-state index in [9.17, 15) is 13.2 Å². The molecule has 0 aromatic heterocycles. The molecule has 2 aromatic carbocycles. The first-order valence-electron chi connectivity index (χ1n) is 6.01. The van der Waals surface area contributed by atoms with Crippen molar-refractivity contribution in [3.8, 4) is 0 Å². The smallest absolute Gasteiger partial charge is 0.132 e. The Morgan fingerprint density at radius 3 is 2.20 bits per heavy atom. The first kappa shape index (κ1) is 15.1. The Kier molecular flexibility index (Phi) is 4.50. The van der Waals surface area contributed by atoms with Crippen LogP contribution in [0.3, 0.4) is 0 Å². The Labute approximate surface area is 123 Å². The second kappa shape index (κ2) is 5.97. The van der Waals surface area contributed by atoms with Gasteiger partial charge in [0.25, 0.3) is 0 Å². The summed E-state index contributed by atoms with van der Waals surface area (Å²) in [5.74, 6) is -1.80. The van der Waals surface area contributed by atoms with Crippen LogP contribution in [0.1, 0.15) is 22.7 Å².